The molecular weight excluding hydrogens is 250 g/mol. The minimum absolute atomic E-state index is 0.121. The van der Waals surface area contributed by atoms with Crippen molar-refractivity contribution in [3.8, 4) is 0 Å². The molecule has 2 rings (SSSR count). The predicted octanol–water partition coefficient (Wildman–Crippen LogP) is 1.72. The molecule has 0 saturated carbocycles. The lowest BCUT2D eigenvalue weighted by Gasteiger charge is -2.31. The predicted molar refractivity (Wildman–Crippen MR) is 83.0 cm³/mol. The van der Waals surface area contributed by atoms with Gasteiger partial charge in [-0.15, -0.1) is 0 Å². The van der Waals surface area contributed by atoms with Crippen molar-refractivity contribution in [1.29, 1.82) is 0 Å². The first kappa shape index (κ1) is 14.9. The molecule has 4 heteroatoms. The fourth-order valence-corrected chi connectivity index (χ4v) is 2.76. The number of para-hydroxylation sites is 1. The van der Waals surface area contributed by atoms with Crippen LogP contribution in [0.1, 0.15) is 19.8 Å². The molecule has 1 aliphatic rings. The zero-order valence-electron chi connectivity index (χ0n) is 12.5. The summed E-state index contributed by atoms with van der Waals surface area (Å²) in [4.78, 5) is 16.6. The highest BCUT2D eigenvalue weighted by Crippen LogP contribution is 2.12. The Bertz CT molecular complexity index is 421. The first-order valence-corrected chi connectivity index (χ1v) is 7.47. The lowest BCUT2D eigenvalue weighted by molar-refractivity contribution is -0.120. The van der Waals surface area contributed by atoms with Gasteiger partial charge in [0.25, 0.3) is 0 Å². The van der Waals surface area contributed by atoms with E-state index >= 15 is 0 Å². The number of benzene rings is 1. The summed E-state index contributed by atoms with van der Waals surface area (Å²) < 4.78 is 0. The van der Waals surface area contributed by atoms with E-state index in [1.165, 1.54) is 0 Å². The topological polar surface area (TPSA) is 35.6 Å². The fraction of sp³-hybridized carbons (Fsp3) is 0.562. The van der Waals surface area contributed by atoms with Gasteiger partial charge in [-0.2, -0.15) is 0 Å². The van der Waals surface area contributed by atoms with Gasteiger partial charge in [0.15, 0.2) is 0 Å². The molecule has 20 heavy (non-hydrogen) atoms. The second kappa shape index (κ2) is 7.29. The van der Waals surface area contributed by atoms with E-state index in [1.54, 1.807) is 0 Å². The minimum atomic E-state index is 0.121. The fourth-order valence-electron chi connectivity index (χ4n) is 2.76. The monoisotopic (exact) mass is 275 g/mol. The molecule has 4 nitrogen and oxygen atoms in total. The van der Waals surface area contributed by atoms with Gasteiger partial charge in [-0.3, -0.25) is 4.79 Å². The molecule has 1 aromatic carbocycles. The van der Waals surface area contributed by atoms with E-state index in [4.69, 9.17) is 0 Å². The maximum Gasteiger partial charge on any atom is 0.239 e. The van der Waals surface area contributed by atoms with E-state index in [-0.39, 0.29) is 5.91 Å². The average Bonchev–Trinajstić information content (AvgIpc) is 2.45. The molecule has 0 radical (unpaired) electrons. The van der Waals surface area contributed by atoms with Crippen LogP contribution >= 0.6 is 0 Å². The summed E-state index contributed by atoms with van der Waals surface area (Å²) in [7, 11) is 2.11. The Labute approximate surface area is 121 Å². The number of anilines is 1. The number of hydrogen-bond acceptors (Lipinski definition) is 3. The molecule has 0 bridgehead atoms. The molecule has 0 unspecified atom stereocenters. The summed E-state index contributed by atoms with van der Waals surface area (Å²) in [6.07, 6.45) is 2.26. The highest BCUT2D eigenvalue weighted by Gasteiger charge is 2.19. The van der Waals surface area contributed by atoms with E-state index in [0.29, 0.717) is 12.6 Å². The molecule has 0 spiro atoms. The Kier molecular flexibility index (Phi) is 5.41. The van der Waals surface area contributed by atoms with Crippen molar-refractivity contribution in [2.75, 3.05) is 38.1 Å². The first-order chi connectivity index (χ1) is 9.69. The standard InChI is InChI=1S/C16H25N3O/c1-3-19(15-9-5-4-6-10-15)13-16(20)17-14-8-7-11-18(2)12-14/h4-6,9-10,14H,3,7-8,11-13H2,1-2H3,(H,17,20)/t14-/m1/s1. The Balaban J connectivity index is 1.86. The van der Waals surface area contributed by atoms with Crippen LogP contribution in [0.5, 0.6) is 0 Å². The van der Waals surface area contributed by atoms with E-state index in [1.807, 2.05) is 30.3 Å². The van der Waals surface area contributed by atoms with E-state index in [2.05, 4.69) is 29.1 Å². The van der Waals surface area contributed by atoms with Crippen molar-refractivity contribution in [3.63, 3.8) is 0 Å². The van der Waals surface area contributed by atoms with E-state index in [9.17, 15) is 4.79 Å². The third-order valence-corrected chi connectivity index (χ3v) is 3.83. The van der Waals surface area contributed by atoms with Gasteiger partial charge < -0.3 is 15.1 Å². The first-order valence-electron chi connectivity index (χ1n) is 7.47. The summed E-state index contributed by atoms with van der Waals surface area (Å²) >= 11 is 0. The van der Waals surface area contributed by atoms with Gasteiger partial charge in [0, 0.05) is 24.8 Å². The highest BCUT2D eigenvalue weighted by molar-refractivity contribution is 5.81. The number of hydrogen-bond donors (Lipinski definition) is 1. The van der Waals surface area contributed by atoms with Crippen LogP contribution in [0.25, 0.3) is 0 Å². The Morgan fingerprint density at radius 1 is 1.40 bits per heavy atom. The maximum atomic E-state index is 12.2. The highest BCUT2D eigenvalue weighted by atomic mass is 16.2. The quantitative estimate of drug-likeness (QED) is 0.889. The van der Waals surface area contributed by atoms with Crippen molar-refractivity contribution in [2.45, 2.75) is 25.8 Å². The molecule has 1 atom stereocenters. The molecule has 1 aliphatic heterocycles. The number of carbonyl (C=O) groups is 1. The molecule has 0 aromatic heterocycles. The van der Waals surface area contributed by atoms with Gasteiger partial charge in [0.1, 0.15) is 0 Å². The van der Waals surface area contributed by atoms with Crippen LogP contribution in [0.15, 0.2) is 30.3 Å². The summed E-state index contributed by atoms with van der Waals surface area (Å²) in [5, 5.41) is 3.16. The van der Waals surface area contributed by atoms with Crippen LogP contribution < -0.4 is 10.2 Å². The number of carbonyl (C=O) groups excluding carboxylic acids is 1. The van der Waals surface area contributed by atoms with Gasteiger partial charge in [0.05, 0.1) is 6.54 Å². The van der Waals surface area contributed by atoms with Crippen LogP contribution in [-0.2, 0) is 4.79 Å². The van der Waals surface area contributed by atoms with Crippen molar-refractivity contribution < 1.29 is 4.79 Å². The summed E-state index contributed by atoms with van der Waals surface area (Å²) in [6, 6.07) is 10.4. The second-order valence-electron chi connectivity index (χ2n) is 5.52. The van der Waals surface area contributed by atoms with Crippen molar-refractivity contribution in [1.82, 2.24) is 10.2 Å². The Morgan fingerprint density at radius 3 is 2.80 bits per heavy atom. The molecule has 1 saturated heterocycles. The summed E-state index contributed by atoms with van der Waals surface area (Å²) in [6.45, 7) is 5.44. The molecular formula is C16H25N3O. The largest absolute Gasteiger partial charge is 0.363 e. The molecule has 110 valence electrons. The van der Waals surface area contributed by atoms with Crippen LogP contribution in [0.2, 0.25) is 0 Å². The van der Waals surface area contributed by atoms with E-state index in [0.717, 1.165) is 38.2 Å². The number of piperidine rings is 1. The molecule has 0 aliphatic carbocycles. The van der Waals surface area contributed by atoms with Crippen LogP contribution in [-0.4, -0.2) is 50.1 Å². The minimum Gasteiger partial charge on any atom is -0.363 e. The number of likely N-dealkylation sites (tertiary alicyclic amines) is 1. The summed E-state index contributed by atoms with van der Waals surface area (Å²) in [5.74, 6) is 0.121. The van der Waals surface area contributed by atoms with Crippen molar-refractivity contribution >= 4 is 11.6 Å². The number of rotatable bonds is 5. The number of nitrogens with zero attached hydrogens (tertiary/aromatic N) is 2. The molecule has 1 heterocycles. The van der Waals surface area contributed by atoms with Crippen LogP contribution in [0, 0.1) is 0 Å². The molecule has 1 N–H and O–H groups in total. The van der Waals surface area contributed by atoms with Crippen molar-refractivity contribution in [2.24, 2.45) is 0 Å². The normalized spacial score (nSPS) is 19.6. The van der Waals surface area contributed by atoms with Gasteiger partial charge >= 0.3 is 0 Å². The van der Waals surface area contributed by atoms with Crippen LogP contribution in [0.4, 0.5) is 5.69 Å². The maximum absolute atomic E-state index is 12.2. The van der Waals surface area contributed by atoms with Gasteiger partial charge in [-0.05, 0) is 45.5 Å². The smallest absolute Gasteiger partial charge is 0.239 e. The van der Waals surface area contributed by atoms with Crippen molar-refractivity contribution in [3.05, 3.63) is 30.3 Å². The van der Waals surface area contributed by atoms with Gasteiger partial charge in [0.2, 0.25) is 5.91 Å². The lowest BCUT2D eigenvalue weighted by atomic mass is 10.1. The third kappa shape index (κ3) is 4.23. The second-order valence-corrected chi connectivity index (χ2v) is 5.52. The Morgan fingerprint density at radius 2 is 2.15 bits per heavy atom. The molecule has 1 fully saturated rings. The third-order valence-electron chi connectivity index (χ3n) is 3.83. The Hall–Kier alpha value is -1.55. The van der Waals surface area contributed by atoms with Gasteiger partial charge in [-0.25, -0.2) is 0 Å². The zero-order chi connectivity index (χ0) is 14.4. The van der Waals surface area contributed by atoms with Gasteiger partial charge in [-0.1, -0.05) is 18.2 Å². The number of nitrogens with one attached hydrogen (secondary N) is 1. The molecule has 1 amide bonds. The molecule has 1 aromatic rings. The average molecular weight is 275 g/mol. The SMILES string of the molecule is CCN(CC(=O)N[C@@H]1CCCN(C)C1)c1ccccc1. The number of likely N-dealkylation sites (N-methyl/N-ethyl adjacent to an activating group) is 2. The summed E-state index contributed by atoms with van der Waals surface area (Å²) in [5.41, 5.74) is 1.10. The number of amides is 1. The van der Waals surface area contributed by atoms with Crippen LogP contribution in [0.3, 0.4) is 0 Å². The van der Waals surface area contributed by atoms with E-state index < -0.39 is 0 Å². The zero-order valence-corrected chi connectivity index (χ0v) is 12.5. The lowest BCUT2D eigenvalue weighted by Crippen LogP contribution is -2.49.